The number of carbonyl (C=O) groups is 3. The number of anilines is 2. The maximum Gasteiger partial charge on any atom is 0.279 e. The Hall–Kier alpha value is -3.39. The van der Waals surface area contributed by atoms with Crippen LogP contribution in [0, 0.1) is 5.92 Å². The van der Waals surface area contributed by atoms with Gasteiger partial charge in [0.05, 0.1) is 30.9 Å². The number of ether oxygens (including phenoxy) is 1. The molecule has 0 radical (unpaired) electrons. The Bertz CT molecular complexity index is 921. The van der Waals surface area contributed by atoms with Crippen molar-refractivity contribution in [3.8, 4) is 5.75 Å². The second-order valence-corrected chi connectivity index (χ2v) is 7.61. The summed E-state index contributed by atoms with van der Waals surface area (Å²) in [5, 5.41) is 5.70. The minimum Gasteiger partial charge on any atom is -0.494 e. The van der Waals surface area contributed by atoms with Crippen LogP contribution in [-0.4, -0.2) is 44.0 Å². The molecule has 3 rings (SSSR count). The lowest BCUT2D eigenvalue weighted by Crippen LogP contribution is -3.14. The second-order valence-electron chi connectivity index (χ2n) is 7.61. The maximum absolute atomic E-state index is 12.8. The molecule has 5 N–H and O–H groups in total. The molecule has 1 aliphatic heterocycles. The van der Waals surface area contributed by atoms with Crippen molar-refractivity contribution in [3.05, 3.63) is 54.1 Å². The Labute approximate surface area is 181 Å². The molecule has 2 aromatic carbocycles. The van der Waals surface area contributed by atoms with Crippen LogP contribution < -0.4 is 26.0 Å². The van der Waals surface area contributed by atoms with Crippen molar-refractivity contribution >= 4 is 29.1 Å². The van der Waals surface area contributed by atoms with Crippen molar-refractivity contribution in [1.29, 1.82) is 0 Å². The van der Waals surface area contributed by atoms with Gasteiger partial charge in [-0.3, -0.25) is 14.4 Å². The van der Waals surface area contributed by atoms with Crippen molar-refractivity contribution in [2.75, 3.05) is 36.9 Å². The Balaban J connectivity index is 1.58. The third kappa shape index (κ3) is 6.29. The van der Waals surface area contributed by atoms with E-state index in [1.165, 1.54) is 0 Å². The number of para-hydroxylation sites is 1. The molecule has 1 aliphatic rings. The van der Waals surface area contributed by atoms with Gasteiger partial charge in [0.25, 0.3) is 11.8 Å². The average molecular weight is 426 g/mol. The highest BCUT2D eigenvalue weighted by Gasteiger charge is 2.27. The number of carbonyl (C=O) groups excluding carboxylic acids is 3. The smallest absolute Gasteiger partial charge is 0.279 e. The lowest BCUT2D eigenvalue weighted by molar-refractivity contribution is -0.897. The molecule has 0 spiro atoms. The first-order chi connectivity index (χ1) is 15.0. The van der Waals surface area contributed by atoms with Gasteiger partial charge in [-0.25, -0.2) is 0 Å². The Morgan fingerprint density at radius 3 is 2.35 bits per heavy atom. The normalized spacial score (nSPS) is 18.1. The number of nitrogens with two attached hydrogens (primary N) is 1. The van der Waals surface area contributed by atoms with Crippen LogP contribution >= 0.6 is 0 Å². The van der Waals surface area contributed by atoms with Gasteiger partial charge in [0.1, 0.15) is 5.75 Å². The minimum atomic E-state index is -0.310. The highest BCUT2D eigenvalue weighted by molar-refractivity contribution is 6.10. The van der Waals surface area contributed by atoms with Gasteiger partial charge in [-0.05, 0) is 43.3 Å². The zero-order valence-corrected chi connectivity index (χ0v) is 17.6. The summed E-state index contributed by atoms with van der Waals surface area (Å²) in [5.41, 5.74) is 6.84. The van der Waals surface area contributed by atoms with Crippen molar-refractivity contribution in [1.82, 2.24) is 0 Å². The summed E-state index contributed by atoms with van der Waals surface area (Å²) in [6.07, 6.45) is 1.39. The summed E-state index contributed by atoms with van der Waals surface area (Å²) >= 11 is 0. The van der Waals surface area contributed by atoms with Crippen LogP contribution in [0.1, 0.15) is 30.1 Å². The van der Waals surface area contributed by atoms with E-state index < -0.39 is 0 Å². The van der Waals surface area contributed by atoms with Crippen LogP contribution in [0.5, 0.6) is 5.75 Å². The van der Waals surface area contributed by atoms with Gasteiger partial charge >= 0.3 is 0 Å². The zero-order chi connectivity index (χ0) is 22.2. The molecule has 0 unspecified atom stereocenters. The third-order valence-corrected chi connectivity index (χ3v) is 5.37. The monoisotopic (exact) mass is 425 g/mol. The first-order valence-electron chi connectivity index (χ1n) is 10.5. The molecule has 31 heavy (non-hydrogen) atoms. The van der Waals surface area contributed by atoms with E-state index in [0.717, 1.165) is 23.7 Å². The predicted molar refractivity (Wildman–Crippen MR) is 118 cm³/mol. The molecule has 0 aromatic heterocycles. The summed E-state index contributed by atoms with van der Waals surface area (Å²) in [6.45, 7) is 4.21. The first kappa shape index (κ1) is 22.3. The fraction of sp³-hybridized carbons (Fsp3) is 0.348. The fourth-order valence-corrected chi connectivity index (χ4v) is 3.70. The number of nitrogens with one attached hydrogen (secondary N) is 3. The number of amides is 3. The molecular formula is C23H29N4O4+. The minimum absolute atomic E-state index is 0.0983. The highest BCUT2D eigenvalue weighted by atomic mass is 16.5. The Morgan fingerprint density at radius 1 is 1.03 bits per heavy atom. The SMILES string of the molecule is CCOc1ccc(NC(=O)c2ccccc2NC(=O)C[NH+]2CCC(C(N)=O)CC2)cc1. The third-order valence-electron chi connectivity index (χ3n) is 5.37. The lowest BCUT2D eigenvalue weighted by Gasteiger charge is -2.27. The number of piperidine rings is 1. The molecule has 164 valence electrons. The molecule has 1 fully saturated rings. The highest BCUT2D eigenvalue weighted by Crippen LogP contribution is 2.19. The van der Waals surface area contributed by atoms with Crippen LogP contribution in [-0.2, 0) is 9.59 Å². The molecule has 8 heteroatoms. The van der Waals surface area contributed by atoms with E-state index in [9.17, 15) is 14.4 Å². The second kappa shape index (κ2) is 10.6. The molecule has 2 aromatic rings. The first-order valence-corrected chi connectivity index (χ1v) is 10.5. The lowest BCUT2D eigenvalue weighted by atomic mass is 9.96. The Morgan fingerprint density at radius 2 is 1.71 bits per heavy atom. The number of quaternary nitrogens is 1. The molecule has 8 nitrogen and oxygen atoms in total. The van der Waals surface area contributed by atoms with Crippen molar-refractivity contribution in [2.45, 2.75) is 19.8 Å². The van der Waals surface area contributed by atoms with Gasteiger partial charge in [0.2, 0.25) is 5.91 Å². The number of benzene rings is 2. The quantitative estimate of drug-likeness (QED) is 0.506. The number of hydrogen-bond acceptors (Lipinski definition) is 4. The molecule has 0 saturated carbocycles. The molecule has 3 amide bonds. The van der Waals surface area contributed by atoms with Crippen LogP contribution in [0.15, 0.2) is 48.5 Å². The average Bonchev–Trinajstić information content (AvgIpc) is 2.76. The van der Waals surface area contributed by atoms with Gasteiger partial charge in [-0.1, -0.05) is 12.1 Å². The van der Waals surface area contributed by atoms with Crippen molar-refractivity contribution in [3.63, 3.8) is 0 Å². The van der Waals surface area contributed by atoms with Crippen LogP contribution in [0.3, 0.4) is 0 Å². The van der Waals surface area contributed by atoms with E-state index in [2.05, 4.69) is 10.6 Å². The summed E-state index contributed by atoms with van der Waals surface area (Å²) < 4.78 is 5.41. The summed E-state index contributed by atoms with van der Waals surface area (Å²) in [4.78, 5) is 37.7. The number of primary amides is 1. The fourth-order valence-electron chi connectivity index (χ4n) is 3.70. The maximum atomic E-state index is 12.8. The predicted octanol–water partition coefficient (Wildman–Crippen LogP) is 1.06. The molecule has 1 saturated heterocycles. The standard InChI is InChI=1S/C23H28N4O4/c1-2-31-18-9-7-17(8-10-18)25-23(30)19-5-3-4-6-20(19)26-21(28)15-27-13-11-16(12-14-27)22(24)29/h3-10,16H,2,11-15H2,1H3,(H2,24,29)(H,25,30)(H,26,28)/p+1. The van der Waals surface area contributed by atoms with Crippen LogP contribution in [0.4, 0.5) is 11.4 Å². The van der Waals surface area contributed by atoms with E-state index in [4.69, 9.17) is 10.5 Å². The van der Waals surface area contributed by atoms with E-state index in [1.807, 2.05) is 6.92 Å². The Kier molecular flexibility index (Phi) is 7.61. The zero-order valence-electron chi connectivity index (χ0n) is 17.6. The van der Waals surface area contributed by atoms with Gasteiger partial charge in [0.15, 0.2) is 6.54 Å². The van der Waals surface area contributed by atoms with Gasteiger partial charge in [-0.2, -0.15) is 0 Å². The summed E-state index contributed by atoms with van der Waals surface area (Å²) in [6, 6.07) is 14.0. The van der Waals surface area contributed by atoms with Crippen LogP contribution in [0.2, 0.25) is 0 Å². The van der Waals surface area contributed by atoms with E-state index in [-0.39, 0.29) is 30.2 Å². The topological polar surface area (TPSA) is 115 Å². The van der Waals surface area contributed by atoms with Gasteiger partial charge in [-0.15, -0.1) is 0 Å². The van der Waals surface area contributed by atoms with Crippen LogP contribution in [0.25, 0.3) is 0 Å². The van der Waals surface area contributed by atoms with Gasteiger partial charge < -0.3 is 26.0 Å². The van der Waals surface area contributed by atoms with E-state index in [1.54, 1.807) is 48.5 Å². The molecule has 0 bridgehead atoms. The molecule has 0 atom stereocenters. The molecular weight excluding hydrogens is 396 g/mol. The van der Waals surface area contributed by atoms with Crippen molar-refractivity contribution in [2.24, 2.45) is 11.7 Å². The van der Waals surface area contributed by atoms with E-state index >= 15 is 0 Å². The van der Waals surface area contributed by atoms with Gasteiger partial charge in [0, 0.05) is 24.4 Å². The number of likely N-dealkylation sites (tertiary alicyclic amines) is 1. The number of hydrogen-bond donors (Lipinski definition) is 4. The van der Waals surface area contributed by atoms with E-state index in [0.29, 0.717) is 36.4 Å². The summed E-state index contributed by atoms with van der Waals surface area (Å²) in [7, 11) is 0. The molecule has 0 aliphatic carbocycles. The number of rotatable bonds is 8. The van der Waals surface area contributed by atoms with Crippen molar-refractivity contribution < 1.29 is 24.0 Å². The largest absolute Gasteiger partial charge is 0.494 e. The summed E-state index contributed by atoms with van der Waals surface area (Å²) in [5.74, 6) is -0.117. The molecule has 1 heterocycles.